The fourth-order valence-corrected chi connectivity index (χ4v) is 3.70. The van der Waals surface area contributed by atoms with Gasteiger partial charge in [0.2, 0.25) is 0 Å². The van der Waals surface area contributed by atoms with Crippen LogP contribution in [0.4, 0.5) is 0 Å². The van der Waals surface area contributed by atoms with E-state index in [1.165, 1.54) is 78.5 Å². The van der Waals surface area contributed by atoms with Gasteiger partial charge in [-0.25, -0.2) is 0 Å². The summed E-state index contributed by atoms with van der Waals surface area (Å²) in [6.45, 7) is 3.91. The minimum atomic E-state index is 1.09. The second-order valence-corrected chi connectivity index (χ2v) is 6.88. The molecule has 0 N–H and O–H groups in total. The maximum Gasteiger partial charge on any atom is -0.0103 e. The first-order chi connectivity index (χ1) is 11.9. The predicted molar refractivity (Wildman–Crippen MR) is 107 cm³/mol. The normalized spacial score (nSPS) is 11.4. The largest absolute Gasteiger partial charge is 0.0616 e. The molecule has 0 heteroatoms. The summed E-state index contributed by atoms with van der Waals surface area (Å²) >= 11 is 0. The van der Waals surface area contributed by atoms with Crippen LogP contribution in [0.5, 0.6) is 0 Å². The number of unbranched alkanes of at least 4 members (excludes halogenated alkanes) is 7. The Kier molecular flexibility index (Phi) is 6.29. The third kappa shape index (κ3) is 4.17. The Morgan fingerprint density at radius 3 is 2.08 bits per heavy atom. The van der Waals surface area contributed by atoms with E-state index in [1.54, 1.807) is 0 Å². The van der Waals surface area contributed by atoms with Crippen molar-refractivity contribution in [3.8, 4) is 0 Å². The van der Waals surface area contributed by atoms with Gasteiger partial charge in [0.15, 0.2) is 0 Å². The highest BCUT2D eigenvalue weighted by Gasteiger charge is 2.04. The Morgan fingerprint density at radius 1 is 0.542 bits per heavy atom. The Balaban J connectivity index is 1.60. The van der Waals surface area contributed by atoms with Crippen LogP contribution in [0.15, 0.2) is 54.6 Å². The summed E-state index contributed by atoms with van der Waals surface area (Å²) in [7, 11) is 0. The smallest absolute Gasteiger partial charge is 0.0103 e. The first-order valence-corrected chi connectivity index (χ1v) is 9.59. The zero-order valence-corrected chi connectivity index (χ0v) is 14.8. The van der Waals surface area contributed by atoms with Crippen LogP contribution in [0.25, 0.3) is 21.5 Å². The molecule has 0 atom stereocenters. The van der Waals surface area contributed by atoms with E-state index in [-0.39, 0.29) is 0 Å². The van der Waals surface area contributed by atoms with Gasteiger partial charge >= 0.3 is 0 Å². The van der Waals surface area contributed by atoms with Gasteiger partial charge < -0.3 is 0 Å². The van der Waals surface area contributed by atoms with Crippen LogP contribution >= 0.6 is 0 Å². The lowest BCUT2D eigenvalue weighted by Gasteiger charge is -2.09. The van der Waals surface area contributed by atoms with Crippen molar-refractivity contribution in [3.05, 3.63) is 67.1 Å². The number of aryl methyl sites for hydroxylation is 1. The van der Waals surface area contributed by atoms with Gasteiger partial charge in [-0.2, -0.15) is 0 Å². The summed E-state index contributed by atoms with van der Waals surface area (Å²) in [4.78, 5) is 0. The lowest BCUT2D eigenvalue weighted by molar-refractivity contribution is 0.581. The van der Waals surface area contributed by atoms with Gasteiger partial charge in [0.1, 0.15) is 0 Å². The molecule has 3 aromatic carbocycles. The van der Waals surface area contributed by atoms with Crippen LogP contribution in [0.2, 0.25) is 0 Å². The maximum absolute atomic E-state index is 3.91. The second-order valence-electron chi connectivity index (χ2n) is 6.88. The van der Waals surface area contributed by atoms with Gasteiger partial charge in [0, 0.05) is 0 Å². The molecule has 0 unspecified atom stereocenters. The fraction of sp³-hybridized carbons (Fsp3) is 0.375. The van der Waals surface area contributed by atoms with E-state index in [4.69, 9.17) is 0 Å². The van der Waals surface area contributed by atoms with Crippen LogP contribution < -0.4 is 0 Å². The van der Waals surface area contributed by atoms with Crippen LogP contribution in [0.3, 0.4) is 0 Å². The number of fused-ring (bicyclic) bond motifs is 3. The summed E-state index contributed by atoms with van der Waals surface area (Å²) in [5, 5.41) is 5.55. The molecule has 0 fully saturated rings. The monoisotopic (exact) mass is 317 g/mol. The van der Waals surface area contributed by atoms with E-state index >= 15 is 0 Å². The molecule has 0 aliphatic rings. The molecular formula is C24H29. The molecule has 0 aliphatic carbocycles. The highest BCUT2D eigenvalue weighted by molar-refractivity contribution is 6.08. The minimum Gasteiger partial charge on any atom is -0.0616 e. The van der Waals surface area contributed by atoms with E-state index in [2.05, 4.69) is 61.5 Å². The van der Waals surface area contributed by atoms with Crippen LogP contribution in [-0.4, -0.2) is 0 Å². The predicted octanol–water partition coefficient (Wildman–Crippen LogP) is 7.49. The molecule has 1 radical (unpaired) electrons. The molecule has 0 saturated carbocycles. The van der Waals surface area contributed by atoms with Crippen LogP contribution in [0.1, 0.15) is 56.9 Å². The van der Waals surface area contributed by atoms with E-state index in [0.717, 1.165) is 6.42 Å². The number of rotatable bonds is 9. The Labute approximate surface area is 146 Å². The van der Waals surface area contributed by atoms with Gasteiger partial charge in [-0.05, 0) is 39.9 Å². The molecule has 0 aromatic heterocycles. The molecule has 0 saturated heterocycles. The first kappa shape index (κ1) is 17.0. The lowest BCUT2D eigenvalue weighted by Crippen LogP contribution is -1.89. The molecule has 3 rings (SSSR count). The highest BCUT2D eigenvalue weighted by atomic mass is 14.1. The van der Waals surface area contributed by atoms with Crippen molar-refractivity contribution in [2.24, 2.45) is 0 Å². The SMILES string of the molecule is [CH2]CCCCCCCCCc1cccc2c1ccc1ccccc12. The first-order valence-electron chi connectivity index (χ1n) is 9.59. The number of hydrogen-bond donors (Lipinski definition) is 0. The van der Waals surface area contributed by atoms with Crippen molar-refractivity contribution < 1.29 is 0 Å². The highest BCUT2D eigenvalue weighted by Crippen LogP contribution is 2.28. The van der Waals surface area contributed by atoms with Gasteiger partial charge in [0.25, 0.3) is 0 Å². The molecule has 0 amide bonds. The number of benzene rings is 3. The van der Waals surface area contributed by atoms with Crippen molar-refractivity contribution >= 4 is 21.5 Å². The van der Waals surface area contributed by atoms with Gasteiger partial charge in [-0.1, -0.05) is 106 Å². The topological polar surface area (TPSA) is 0 Å². The molecule has 0 nitrogen and oxygen atoms in total. The molecule has 0 bridgehead atoms. The Hall–Kier alpha value is -1.82. The fourth-order valence-electron chi connectivity index (χ4n) is 3.70. The second kappa shape index (κ2) is 8.87. The average Bonchev–Trinajstić information content (AvgIpc) is 2.64. The van der Waals surface area contributed by atoms with Crippen molar-refractivity contribution in [1.29, 1.82) is 0 Å². The zero-order valence-electron chi connectivity index (χ0n) is 14.8. The Morgan fingerprint density at radius 2 is 1.25 bits per heavy atom. The van der Waals surface area contributed by atoms with Crippen molar-refractivity contribution in [3.63, 3.8) is 0 Å². The molecule has 0 aliphatic heterocycles. The summed E-state index contributed by atoms with van der Waals surface area (Å²) in [6.07, 6.45) is 11.8. The summed E-state index contributed by atoms with van der Waals surface area (Å²) < 4.78 is 0. The van der Waals surface area contributed by atoms with Gasteiger partial charge in [0.05, 0.1) is 0 Å². The molecule has 0 spiro atoms. The maximum atomic E-state index is 3.91. The third-order valence-corrected chi connectivity index (χ3v) is 5.07. The van der Waals surface area contributed by atoms with E-state index in [1.807, 2.05) is 0 Å². The molecule has 0 heterocycles. The van der Waals surface area contributed by atoms with Crippen molar-refractivity contribution in [1.82, 2.24) is 0 Å². The quantitative estimate of drug-likeness (QED) is 0.283. The van der Waals surface area contributed by atoms with Crippen molar-refractivity contribution in [2.45, 2.75) is 57.8 Å². The Bertz CT molecular complexity index is 769. The zero-order chi connectivity index (χ0) is 16.6. The molecule has 125 valence electrons. The standard InChI is InChI=1S/C24H29/c1-2-3-4-5-6-7-8-9-13-20-15-12-17-24-22-16-11-10-14-21(22)18-19-23(20)24/h10-12,14-19H,1-9,13H2. The van der Waals surface area contributed by atoms with Crippen molar-refractivity contribution in [2.75, 3.05) is 0 Å². The van der Waals surface area contributed by atoms with E-state index in [0.29, 0.717) is 0 Å². The average molecular weight is 317 g/mol. The molecular weight excluding hydrogens is 288 g/mol. The third-order valence-electron chi connectivity index (χ3n) is 5.07. The van der Waals surface area contributed by atoms with Crippen LogP contribution in [-0.2, 0) is 6.42 Å². The minimum absolute atomic E-state index is 1.09. The van der Waals surface area contributed by atoms with Crippen LogP contribution in [0, 0.1) is 6.92 Å². The van der Waals surface area contributed by atoms with Gasteiger partial charge in [-0.15, -0.1) is 0 Å². The number of hydrogen-bond acceptors (Lipinski definition) is 0. The summed E-state index contributed by atoms with van der Waals surface area (Å²) in [5.41, 5.74) is 1.51. The molecule has 3 aromatic rings. The van der Waals surface area contributed by atoms with Gasteiger partial charge in [-0.3, -0.25) is 0 Å². The summed E-state index contributed by atoms with van der Waals surface area (Å²) in [5.74, 6) is 0. The van der Waals surface area contributed by atoms with E-state index < -0.39 is 0 Å². The molecule has 24 heavy (non-hydrogen) atoms. The lowest BCUT2D eigenvalue weighted by atomic mass is 9.95. The summed E-state index contributed by atoms with van der Waals surface area (Å²) in [6, 6.07) is 20.1. The van der Waals surface area contributed by atoms with E-state index in [9.17, 15) is 0 Å².